The number of anilines is 1. The zero-order valence-electron chi connectivity index (χ0n) is 15.2. The van der Waals surface area contributed by atoms with Crippen molar-refractivity contribution in [2.24, 2.45) is 0 Å². The number of methoxy groups -OCH3 is 1. The molecule has 0 saturated heterocycles. The number of thiophene rings is 1. The van der Waals surface area contributed by atoms with Crippen molar-refractivity contribution in [3.8, 4) is 21.6 Å². The number of ether oxygens (including phenoxy) is 1. The Bertz CT molecular complexity index is 955. The third-order valence-corrected chi connectivity index (χ3v) is 5.67. The van der Waals surface area contributed by atoms with Gasteiger partial charge in [-0.1, -0.05) is 31.0 Å². The van der Waals surface area contributed by atoms with Gasteiger partial charge in [-0.3, -0.25) is 9.78 Å². The number of aromatic nitrogens is 1. The zero-order chi connectivity index (χ0) is 19.4. The number of nitrogens with two attached hydrogens (primary N) is 1. The maximum absolute atomic E-state index is 12.1. The number of carbonyl (C=O) groups excluding carboxylic acids is 1. The standard InChI is InChI=1S/C21H21ClN2O2S/c1-3-4-17(21(25)26-2)19-9-13(7-8-24-19)14-10-20(27-12-14)16-6-5-15(23)11-18(16)22/h5-12,17H,3-4,23H2,1-2H3. The summed E-state index contributed by atoms with van der Waals surface area (Å²) in [5, 5.41) is 2.71. The van der Waals surface area contributed by atoms with Crippen LogP contribution in [-0.2, 0) is 9.53 Å². The number of nitrogens with zero attached hydrogens (tertiary/aromatic N) is 1. The molecule has 140 valence electrons. The van der Waals surface area contributed by atoms with Gasteiger partial charge >= 0.3 is 5.97 Å². The largest absolute Gasteiger partial charge is 0.469 e. The summed E-state index contributed by atoms with van der Waals surface area (Å²) in [5.74, 6) is -0.592. The Morgan fingerprint density at radius 1 is 1.26 bits per heavy atom. The number of pyridine rings is 1. The lowest BCUT2D eigenvalue weighted by Crippen LogP contribution is -2.15. The van der Waals surface area contributed by atoms with E-state index in [2.05, 4.69) is 16.4 Å². The minimum absolute atomic E-state index is 0.249. The molecule has 2 N–H and O–H groups in total. The van der Waals surface area contributed by atoms with Crippen LogP contribution >= 0.6 is 22.9 Å². The first-order chi connectivity index (χ1) is 13.0. The van der Waals surface area contributed by atoms with Crippen LogP contribution in [0.4, 0.5) is 5.69 Å². The Hall–Kier alpha value is -2.37. The minimum Gasteiger partial charge on any atom is -0.469 e. The highest BCUT2D eigenvalue weighted by Crippen LogP contribution is 2.37. The van der Waals surface area contributed by atoms with Gasteiger partial charge in [-0.2, -0.15) is 0 Å². The summed E-state index contributed by atoms with van der Waals surface area (Å²) in [6.45, 7) is 2.04. The van der Waals surface area contributed by atoms with Gasteiger partial charge < -0.3 is 10.5 Å². The van der Waals surface area contributed by atoms with Gasteiger partial charge in [0.2, 0.25) is 0 Å². The second kappa shape index (κ2) is 8.55. The molecule has 1 atom stereocenters. The molecule has 0 spiro atoms. The Balaban J connectivity index is 1.94. The van der Waals surface area contributed by atoms with Crippen LogP contribution < -0.4 is 5.73 Å². The lowest BCUT2D eigenvalue weighted by atomic mass is 9.97. The fourth-order valence-electron chi connectivity index (χ4n) is 3.00. The molecule has 1 aromatic carbocycles. The van der Waals surface area contributed by atoms with Crippen molar-refractivity contribution in [3.63, 3.8) is 0 Å². The quantitative estimate of drug-likeness (QED) is 0.421. The van der Waals surface area contributed by atoms with Crippen molar-refractivity contribution in [1.29, 1.82) is 0 Å². The van der Waals surface area contributed by atoms with Crippen molar-refractivity contribution in [2.75, 3.05) is 12.8 Å². The molecule has 3 rings (SSSR count). The van der Waals surface area contributed by atoms with Gasteiger partial charge in [0, 0.05) is 22.3 Å². The first kappa shape index (κ1) is 19.4. The number of nitrogen functional groups attached to an aromatic ring is 1. The third-order valence-electron chi connectivity index (χ3n) is 4.39. The van der Waals surface area contributed by atoms with Crippen molar-refractivity contribution >= 4 is 34.6 Å². The Morgan fingerprint density at radius 2 is 2.07 bits per heavy atom. The topological polar surface area (TPSA) is 65.2 Å². The van der Waals surface area contributed by atoms with E-state index in [4.69, 9.17) is 22.1 Å². The summed E-state index contributed by atoms with van der Waals surface area (Å²) < 4.78 is 4.95. The smallest absolute Gasteiger partial charge is 0.314 e. The zero-order valence-corrected chi connectivity index (χ0v) is 16.8. The van der Waals surface area contributed by atoms with Crippen LogP contribution in [-0.4, -0.2) is 18.1 Å². The second-order valence-corrected chi connectivity index (χ2v) is 7.59. The summed E-state index contributed by atoms with van der Waals surface area (Å²) in [6, 6.07) is 11.5. The van der Waals surface area contributed by atoms with Crippen molar-refractivity contribution in [1.82, 2.24) is 4.98 Å². The predicted octanol–water partition coefficient (Wildman–Crippen LogP) is 5.77. The van der Waals surface area contributed by atoms with E-state index >= 15 is 0 Å². The van der Waals surface area contributed by atoms with Crippen LogP contribution in [0.3, 0.4) is 0 Å². The first-order valence-electron chi connectivity index (χ1n) is 8.71. The van der Waals surface area contributed by atoms with Crippen LogP contribution in [0.5, 0.6) is 0 Å². The molecular formula is C21H21ClN2O2S. The first-order valence-corrected chi connectivity index (χ1v) is 9.97. The monoisotopic (exact) mass is 400 g/mol. The molecule has 0 aliphatic rings. The van der Waals surface area contributed by atoms with Crippen LogP contribution in [0, 0.1) is 0 Å². The number of benzene rings is 1. The average molecular weight is 401 g/mol. The molecule has 0 bridgehead atoms. The maximum atomic E-state index is 12.1. The number of esters is 1. The molecule has 0 amide bonds. The molecule has 2 heterocycles. The number of carbonyl (C=O) groups is 1. The van der Waals surface area contributed by atoms with Crippen LogP contribution in [0.1, 0.15) is 31.4 Å². The molecule has 6 heteroatoms. The predicted molar refractivity (Wildman–Crippen MR) is 112 cm³/mol. The average Bonchev–Trinajstić information content (AvgIpc) is 3.15. The van der Waals surface area contributed by atoms with Gasteiger partial charge in [0.05, 0.1) is 23.7 Å². The molecule has 3 aromatic rings. The summed E-state index contributed by atoms with van der Waals surface area (Å²) in [6.07, 6.45) is 3.33. The third kappa shape index (κ3) is 4.31. The minimum atomic E-state index is -0.343. The molecule has 0 aliphatic carbocycles. The van der Waals surface area contributed by atoms with E-state index < -0.39 is 0 Å². The van der Waals surface area contributed by atoms with E-state index in [0.29, 0.717) is 17.1 Å². The molecule has 0 fully saturated rings. The van der Waals surface area contributed by atoms with E-state index in [1.54, 1.807) is 23.6 Å². The number of hydrogen-bond donors (Lipinski definition) is 1. The molecule has 1 unspecified atom stereocenters. The summed E-state index contributed by atoms with van der Waals surface area (Å²) >= 11 is 7.95. The molecule has 2 aromatic heterocycles. The summed E-state index contributed by atoms with van der Waals surface area (Å²) in [5.41, 5.74) is 10.2. The number of rotatable bonds is 6. The van der Waals surface area contributed by atoms with E-state index in [1.165, 1.54) is 7.11 Å². The lowest BCUT2D eigenvalue weighted by Gasteiger charge is -2.13. The van der Waals surface area contributed by atoms with Gasteiger partial charge in [-0.25, -0.2) is 0 Å². The second-order valence-electron chi connectivity index (χ2n) is 6.27. The van der Waals surface area contributed by atoms with Crippen molar-refractivity contribution in [3.05, 3.63) is 58.7 Å². The van der Waals surface area contributed by atoms with E-state index in [1.807, 2.05) is 31.2 Å². The van der Waals surface area contributed by atoms with Gasteiger partial charge in [0.15, 0.2) is 0 Å². The molecule has 0 radical (unpaired) electrons. The van der Waals surface area contributed by atoms with Gasteiger partial charge in [0.25, 0.3) is 0 Å². The van der Waals surface area contributed by atoms with E-state index in [0.717, 1.165) is 33.7 Å². The molecule has 0 aliphatic heterocycles. The molecule has 27 heavy (non-hydrogen) atoms. The van der Waals surface area contributed by atoms with Crippen LogP contribution in [0.15, 0.2) is 48.0 Å². The van der Waals surface area contributed by atoms with Crippen molar-refractivity contribution < 1.29 is 9.53 Å². The Kier molecular flexibility index (Phi) is 6.14. The lowest BCUT2D eigenvalue weighted by molar-refractivity contribution is -0.142. The SMILES string of the molecule is CCCC(C(=O)OC)c1cc(-c2csc(-c3ccc(N)cc3Cl)c2)ccn1. The van der Waals surface area contributed by atoms with Gasteiger partial charge in [-0.15, -0.1) is 11.3 Å². The fourth-order valence-corrected chi connectivity index (χ4v) is 4.30. The molecular weight excluding hydrogens is 380 g/mol. The van der Waals surface area contributed by atoms with E-state index in [9.17, 15) is 4.79 Å². The Labute approximate surface area is 168 Å². The molecule has 4 nitrogen and oxygen atoms in total. The highest BCUT2D eigenvalue weighted by molar-refractivity contribution is 7.14. The normalized spacial score (nSPS) is 12.0. The number of halogens is 1. The fraction of sp³-hybridized carbons (Fsp3) is 0.238. The van der Waals surface area contributed by atoms with Crippen LogP contribution in [0.2, 0.25) is 5.02 Å². The van der Waals surface area contributed by atoms with Gasteiger partial charge in [0.1, 0.15) is 0 Å². The van der Waals surface area contributed by atoms with Crippen molar-refractivity contribution in [2.45, 2.75) is 25.7 Å². The maximum Gasteiger partial charge on any atom is 0.314 e. The summed E-state index contributed by atoms with van der Waals surface area (Å²) in [4.78, 5) is 17.6. The summed E-state index contributed by atoms with van der Waals surface area (Å²) in [7, 11) is 1.41. The molecule has 0 saturated carbocycles. The van der Waals surface area contributed by atoms with E-state index in [-0.39, 0.29) is 11.9 Å². The van der Waals surface area contributed by atoms with Crippen LogP contribution in [0.25, 0.3) is 21.6 Å². The highest BCUT2D eigenvalue weighted by Gasteiger charge is 2.22. The number of hydrogen-bond acceptors (Lipinski definition) is 5. The highest BCUT2D eigenvalue weighted by atomic mass is 35.5. The van der Waals surface area contributed by atoms with Gasteiger partial charge in [-0.05, 0) is 53.3 Å². The Morgan fingerprint density at radius 3 is 2.78 bits per heavy atom.